The van der Waals surface area contributed by atoms with Crippen LogP contribution in [0.4, 0.5) is 0 Å². The average molecular weight is 160 g/mol. The molecule has 2 bridgehead atoms. The van der Waals surface area contributed by atoms with Gasteiger partial charge in [-0.25, -0.2) is 0 Å². The molecule has 2 rings (SSSR count). The van der Waals surface area contributed by atoms with Gasteiger partial charge in [-0.05, 0) is 50.2 Å². The Kier molecular flexibility index (Phi) is 1.92. The molecule has 2 aliphatic rings. The fraction of sp³-hybridized carbons (Fsp3) is 0.500. The molecule has 0 N–H and O–H groups in total. The topological polar surface area (TPSA) is 0 Å². The summed E-state index contributed by atoms with van der Waals surface area (Å²) in [7, 11) is 0. The van der Waals surface area contributed by atoms with Crippen LogP contribution in [0.2, 0.25) is 0 Å². The highest BCUT2D eigenvalue weighted by molar-refractivity contribution is 5.43. The van der Waals surface area contributed by atoms with Gasteiger partial charge in [0.15, 0.2) is 0 Å². The zero-order valence-electron chi connectivity index (χ0n) is 7.93. The fourth-order valence-electron chi connectivity index (χ4n) is 2.40. The second-order valence-corrected chi connectivity index (χ2v) is 3.88. The molecule has 64 valence electrons. The summed E-state index contributed by atoms with van der Waals surface area (Å²) < 4.78 is 0. The maximum atomic E-state index is 2.42. The number of hydrogen-bond acceptors (Lipinski definition) is 0. The first-order valence-corrected chi connectivity index (χ1v) is 4.84. The van der Waals surface area contributed by atoms with Gasteiger partial charge < -0.3 is 0 Å². The quantitative estimate of drug-likeness (QED) is 0.549. The molecule has 0 saturated heterocycles. The summed E-state index contributed by atoms with van der Waals surface area (Å²) >= 11 is 0. The first-order valence-electron chi connectivity index (χ1n) is 4.84. The zero-order valence-corrected chi connectivity index (χ0v) is 7.93. The lowest BCUT2D eigenvalue weighted by Gasteiger charge is -2.10. The molecule has 0 aromatic rings. The SMILES string of the molecule is C/C=C/C(C)=C1/C=C2CCC1C2. The molecular formula is C12H16. The molecule has 0 amide bonds. The van der Waals surface area contributed by atoms with Crippen molar-refractivity contribution >= 4 is 0 Å². The molecule has 0 aliphatic heterocycles. The molecule has 0 radical (unpaired) electrons. The highest BCUT2D eigenvalue weighted by atomic mass is 14.3. The van der Waals surface area contributed by atoms with Crippen LogP contribution >= 0.6 is 0 Å². The molecule has 1 atom stereocenters. The molecule has 12 heavy (non-hydrogen) atoms. The summed E-state index contributed by atoms with van der Waals surface area (Å²) in [4.78, 5) is 0. The monoisotopic (exact) mass is 160 g/mol. The molecule has 0 heterocycles. The lowest BCUT2D eigenvalue weighted by atomic mass is 9.95. The molecule has 0 nitrogen and oxygen atoms in total. The van der Waals surface area contributed by atoms with Crippen LogP contribution in [0.5, 0.6) is 0 Å². The van der Waals surface area contributed by atoms with Crippen LogP contribution in [0.1, 0.15) is 33.1 Å². The second kappa shape index (κ2) is 2.93. The van der Waals surface area contributed by atoms with Gasteiger partial charge in [0.05, 0.1) is 0 Å². The summed E-state index contributed by atoms with van der Waals surface area (Å²) in [5.41, 5.74) is 4.76. The Morgan fingerprint density at radius 3 is 2.92 bits per heavy atom. The number of rotatable bonds is 1. The summed E-state index contributed by atoms with van der Waals surface area (Å²) in [6, 6.07) is 0. The summed E-state index contributed by atoms with van der Waals surface area (Å²) in [5, 5.41) is 0. The lowest BCUT2D eigenvalue weighted by Crippen LogP contribution is -1.96. The maximum Gasteiger partial charge on any atom is -0.0119 e. The van der Waals surface area contributed by atoms with Gasteiger partial charge in [-0.2, -0.15) is 0 Å². The second-order valence-electron chi connectivity index (χ2n) is 3.88. The maximum absolute atomic E-state index is 2.42. The standard InChI is InChI=1S/C12H16/c1-3-4-9(2)12-8-10-5-6-11(12)7-10/h3-4,8,11H,5-7H2,1-2H3/b4-3+,12-9-. The molecular weight excluding hydrogens is 144 g/mol. The number of allylic oxidation sites excluding steroid dienone is 6. The largest absolute Gasteiger partial charge is 0.0874 e. The van der Waals surface area contributed by atoms with Gasteiger partial charge >= 0.3 is 0 Å². The normalized spacial score (nSPS) is 31.5. The first-order chi connectivity index (χ1) is 5.81. The van der Waals surface area contributed by atoms with E-state index >= 15 is 0 Å². The lowest BCUT2D eigenvalue weighted by molar-refractivity contribution is 0.668. The van der Waals surface area contributed by atoms with Gasteiger partial charge in [0.1, 0.15) is 0 Å². The Labute approximate surface area is 74.7 Å². The van der Waals surface area contributed by atoms with Gasteiger partial charge in [0.2, 0.25) is 0 Å². The van der Waals surface area contributed by atoms with Gasteiger partial charge in [-0.1, -0.05) is 23.8 Å². The van der Waals surface area contributed by atoms with E-state index in [0.29, 0.717) is 0 Å². The van der Waals surface area contributed by atoms with E-state index < -0.39 is 0 Å². The summed E-state index contributed by atoms with van der Waals surface area (Å²) in [5.74, 6) is 0.871. The third-order valence-electron chi connectivity index (χ3n) is 2.99. The highest BCUT2D eigenvalue weighted by Crippen LogP contribution is 2.44. The molecule has 2 aliphatic carbocycles. The van der Waals surface area contributed by atoms with Crippen LogP contribution in [0, 0.1) is 5.92 Å². The minimum absolute atomic E-state index is 0.871. The molecule has 1 saturated carbocycles. The summed E-state index contributed by atoms with van der Waals surface area (Å²) in [6.45, 7) is 4.32. The van der Waals surface area contributed by atoms with Crippen LogP contribution in [-0.4, -0.2) is 0 Å². The van der Waals surface area contributed by atoms with Crippen molar-refractivity contribution in [2.45, 2.75) is 33.1 Å². The molecule has 0 aromatic carbocycles. The first kappa shape index (κ1) is 7.85. The van der Waals surface area contributed by atoms with Crippen molar-refractivity contribution in [3.63, 3.8) is 0 Å². The van der Waals surface area contributed by atoms with Crippen molar-refractivity contribution in [2.24, 2.45) is 5.92 Å². The Balaban J connectivity index is 2.31. The van der Waals surface area contributed by atoms with Gasteiger partial charge in [-0.15, -0.1) is 0 Å². The Morgan fingerprint density at radius 1 is 1.58 bits per heavy atom. The molecule has 0 heteroatoms. The third-order valence-corrected chi connectivity index (χ3v) is 2.99. The van der Waals surface area contributed by atoms with E-state index in [4.69, 9.17) is 0 Å². The smallest absolute Gasteiger partial charge is 0.0119 e. The van der Waals surface area contributed by atoms with Crippen molar-refractivity contribution in [3.8, 4) is 0 Å². The molecule has 1 fully saturated rings. The molecule has 1 unspecified atom stereocenters. The van der Waals surface area contributed by atoms with Crippen LogP contribution < -0.4 is 0 Å². The van der Waals surface area contributed by atoms with E-state index in [1.54, 1.807) is 11.1 Å². The van der Waals surface area contributed by atoms with Crippen LogP contribution in [-0.2, 0) is 0 Å². The number of hydrogen-bond donors (Lipinski definition) is 0. The van der Waals surface area contributed by atoms with Crippen LogP contribution in [0.15, 0.2) is 34.9 Å². The van der Waals surface area contributed by atoms with Crippen LogP contribution in [0.3, 0.4) is 0 Å². The molecule has 0 spiro atoms. The number of fused-ring (bicyclic) bond motifs is 2. The van der Waals surface area contributed by atoms with E-state index in [1.165, 1.54) is 24.8 Å². The van der Waals surface area contributed by atoms with E-state index in [1.807, 2.05) is 0 Å². The van der Waals surface area contributed by atoms with Crippen molar-refractivity contribution in [3.05, 3.63) is 34.9 Å². The Hall–Kier alpha value is -0.780. The highest BCUT2D eigenvalue weighted by Gasteiger charge is 2.28. The van der Waals surface area contributed by atoms with Gasteiger partial charge in [0.25, 0.3) is 0 Å². The zero-order chi connectivity index (χ0) is 8.55. The third kappa shape index (κ3) is 1.16. The van der Waals surface area contributed by atoms with E-state index in [0.717, 1.165) is 5.92 Å². The van der Waals surface area contributed by atoms with Crippen LogP contribution in [0.25, 0.3) is 0 Å². The van der Waals surface area contributed by atoms with Crippen molar-refractivity contribution < 1.29 is 0 Å². The van der Waals surface area contributed by atoms with E-state index in [-0.39, 0.29) is 0 Å². The predicted molar refractivity (Wildman–Crippen MR) is 52.9 cm³/mol. The Morgan fingerprint density at radius 2 is 2.42 bits per heavy atom. The molecule has 0 aromatic heterocycles. The van der Waals surface area contributed by atoms with E-state index in [9.17, 15) is 0 Å². The average Bonchev–Trinajstić information content (AvgIpc) is 2.64. The van der Waals surface area contributed by atoms with Crippen molar-refractivity contribution in [2.75, 3.05) is 0 Å². The predicted octanol–water partition coefficient (Wildman–Crippen LogP) is 3.62. The minimum Gasteiger partial charge on any atom is -0.0874 e. The van der Waals surface area contributed by atoms with Crippen molar-refractivity contribution in [1.29, 1.82) is 0 Å². The van der Waals surface area contributed by atoms with Crippen molar-refractivity contribution in [1.82, 2.24) is 0 Å². The fourth-order valence-corrected chi connectivity index (χ4v) is 2.40. The summed E-state index contributed by atoms with van der Waals surface area (Å²) in [6.07, 6.45) is 10.9. The minimum atomic E-state index is 0.871. The van der Waals surface area contributed by atoms with Gasteiger partial charge in [-0.3, -0.25) is 0 Å². The Bertz CT molecular complexity index is 276. The van der Waals surface area contributed by atoms with Gasteiger partial charge in [0, 0.05) is 0 Å². The van der Waals surface area contributed by atoms with E-state index in [2.05, 4.69) is 32.1 Å².